The van der Waals surface area contributed by atoms with Gasteiger partial charge in [0, 0.05) is 22.4 Å². The Kier molecular flexibility index (Phi) is 12100. The van der Waals surface area contributed by atoms with Gasteiger partial charge in [0.15, 0.2) is 0 Å². The molecule has 5 heteroatoms. The van der Waals surface area contributed by atoms with Crippen molar-refractivity contribution in [3.63, 3.8) is 0 Å². The van der Waals surface area contributed by atoms with Gasteiger partial charge in [0.2, 0.25) is 0 Å². The molecule has 8 N–H and O–H groups in total. The molecule has 0 fully saturated rings. The normalized spacial score (nSPS) is 0. The fraction of sp³-hybridized carbons (Fsp3) is 0. The second kappa shape index (κ2) is 174. The van der Waals surface area contributed by atoms with Crippen molar-refractivity contribution in [2.24, 2.45) is 0 Å². The minimum absolute atomic E-state index is 0. The number of hydrogen-bond donors (Lipinski definition) is 0. The molecule has 0 aliphatic carbocycles. The largest absolute Gasteiger partial charge is 0.412 e. The van der Waals surface area contributed by atoms with Gasteiger partial charge in [-0.05, 0) is 0 Å². The van der Waals surface area contributed by atoms with E-state index in [4.69, 9.17) is 0 Å². The van der Waals surface area contributed by atoms with Gasteiger partial charge in [0.05, 0.1) is 0 Å². The molecule has 0 atom stereocenters. The number of hydrogen-bond acceptors (Lipinski definition) is 0. The Hall–Kier alpha value is 0.580. The molecule has 0 aromatic carbocycles. The molecule has 5 heavy (non-hydrogen) atoms. The Morgan fingerprint density at radius 2 is 0.400 bits per heavy atom. The first kappa shape index (κ1) is 348. The molecule has 0 bridgehead atoms. The van der Waals surface area contributed by atoms with Gasteiger partial charge in [-0.3, -0.25) is 0 Å². The van der Waals surface area contributed by atoms with Crippen LogP contribution in [0.4, 0.5) is 0 Å². The van der Waals surface area contributed by atoms with E-state index in [-0.39, 0.29) is 44.3 Å². The van der Waals surface area contributed by atoms with E-state index in [1.165, 1.54) is 0 Å². The van der Waals surface area contributed by atoms with Crippen molar-refractivity contribution in [3.05, 3.63) is 0 Å². The van der Waals surface area contributed by atoms with E-state index in [0.717, 1.165) is 0 Å². The molecule has 0 unspecified atom stereocenters. The molecule has 0 aromatic rings. The van der Waals surface area contributed by atoms with Crippen molar-refractivity contribution < 1.29 is 44.3 Å². The third kappa shape index (κ3) is 90.6. The summed E-state index contributed by atoms with van der Waals surface area (Å²) in [5, 5.41) is 0. The van der Waals surface area contributed by atoms with Gasteiger partial charge in [-0.2, -0.15) is 0 Å². The topological polar surface area (TPSA) is 126 Å². The monoisotopic (exact) mass is 179 g/mol. The molecule has 0 aliphatic rings. The molecule has 0 saturated heterocycles. The first-order valence-corrected chi connectivity index (χ1v) is 0. The van der Waals surface area contributed by atoms with Crippen LogP contribution in [0.1, 0.15) is 0 Å². The van der Waals surface area contributed by atoms with Crippen LogP contribution in [0.2, 0.25) is 0 Å². The van der Waals surface area contributed by atoms with Gasteiger partial charge in [-0.1, -0.05) is 0 Å². The van der Waals surface area contributed by atoms with E-state index >= 15 is 0 Å². The summed E-state index contributed by atoms with van der Waals surface area (Å²) in [4.78, 5) is 0. The van der Waals surface area contributed by atoms with Crippen molar-refractivity contribution in [2.75, 3.05) is 0 Å². The molecule has 0 spiro atoms. The van der Waals surface area contributed by atoms with Crippen molar-refractivity contribution in [3.8, 4) is 0 Å². The average Bonchev–Trinajstić information content (AvgIpc) is 0. The second-order valence-corrected chi connectivity index (χ2v) is 0. The van der Waals surface area contributed by atoms with E-state index in [9.17, 15) is 0 Å². The molecular formula is H8AgO4. The minimum atomic E-state index is 0. The third-order valence-electron chi connectivity index (χ3n) is 0. The van der Waals surface area contributed by atoms with Crippen LogP contribution in [0.15, 0.2) is 0 Å². The molecule has 0 amide bonds. The van der Waals surface area contributed by atoms with Gasteiger partial charge in [0.25, 0.3) is 0 Å². The van der Waals surface area contributed by atoms with E-state index < -0.39 is 0 Å². The summed E-state index contributed by atoms with van der Waals surface area (Å²) in [5.74, 6) is 0. The molecular weight excluding hydrogens is 172 g/mol. The summed E-state index contributed by atoms with van der Waals surface area (Å²) in [6.45, 7) is 0. The zero-order chi connectivity index (χ0) is 0. The average molecular weight is 180 g/mol. The molecule has 43 valence electrons. The van der Waals surface area contributed by atoms with Crippen LogP contribution < -0.4 is 0 Å². The van der Waals surface area contributed by atoms with Gasteiger partial charge >= 0.3 is 0 Å². The standard InChI is InChI=1S/Ag.4H2O/h;4*1H2. The Bertz CT molecular complexity index is 3.61. The number of rotatable bonds is 0. The maximum Gasteiger partial charge on any atom is 0 e. The van der Waals surface area contributed by atoms with Crippen LogP contribution in [-0.2, 0) is 22.4 Å². The van der Waals surface area contributed by atoms with E-state index in [2.05, 4.69) is 0 Å². The quantitative estimate of drug-likeness (QED) is 0.346. The molecule has 0 aromatic heterocycles. The Morgan fingerprint density at radius 1 is 0.400 bits per heavy atom. The molecule has 0 aliphatic heterocycles. The van der Waals surface area contributed by atoms with E-state index in [1.807, 2.05) is 0 Å². The third-order valence-corrected chi connectivity index (χ3v) is 0. The summed E-state index contributed by atoms with van der Waals surface area (Å²) in [5.41, 5.74) is 0. The summed E-state index contributed by atoms with van der Waals surface area (Å²) in [7, 11) is 0. The van der Waals surface area contributed by atoms with E-state index in [0.29, 0.717) is 0 Å². The molecule has 0 saturated carbocycles. The predicted molar refractivity (Wildman–Crippen MR) is 14.5 cm³/mol. The van der Waals surface area contributed by atoms with Gasteiger partial charge in [0.1, 0.15) is 0 Å². The zero-order valence-corrected chi connectivity index (χ0v) is 3.78. The zero-order valence-electron chi connectivity index (χ0n) is 2.30. The van der Waals surface area contributed by atoms with Crippen molar-refractivity contribution >= 4 is 0 Å². The first-order valence-electron chi connectivity index (χ1n) is 0. The van der Waals surface area contributed by atoms with Gasteiger partial charge in [-0.15, -0.1) is 0 Å². The summed E-state index contributed by atoms with van der Waals surface area (Å²) < 4.78 is 0. The molecule has 0 rings (SSSR count). The smallest absolute Gasteiger partial charge is 0 e. The molecule has 1 radical (unpaired) electrons. The van der Waals surface area contributed by atoms with Gasteiger partial charge < -0.3 is 21.9 Å². The second-order valence-electron chi connectivity index (χ2n) is 0. The van der Waals surface area contributed by atoms with Crippen molar-refractivity contribution in [1.29, 1.82) is 0 Å². The summed E-state index contributed by atoms with van der Waals surface area (Å²) in [6, 6.07) is 0. The van der Waals surface area contributed by atoms with Crippen LogP contribution in [0.25, 0.3) is 0 Å². The van der Waals surface area contributed by atoms with Crippen LogP contribution in [0.5, 0.6) is 0 Å². The fourth-order valence-electron chi connectivity index (χ4n) is 0. The minimum Gasteiger partial charge on any atom is -0.412 e. The molecule has 0 heterocycles. The maximum atomic E-state index is 0. The van der Waals surface area contributed by atoms with Crippen molar-refractivity contribution in [1.82, 2.24) is 0 Å². The maximum absolute atomic E-state index is 0. The molecule has 4 nitrogen and oxygen atoms in total. The van der Waals surface area contributed by atoms with Crippen LogP contribution in [0.3, 0.4) is 0 Å². The summed E-state index contributed by atoms with van der Waals surface area (Å²) >= 11 is 0. The Balaban J connectivity index is 0. The Labute approximate surface area is 44.9 Å². The SMILES string of the molecule is O.O.O.O.[Ag]. The van der Waals surface area contributed by atoms with Crippen molar-refractivity contribution in [2.45, 2.75) is 0 Å². The van der Waals surface area contributed by atoms with Gasteiger partial charge in [-0.25, -0.2) is 0 Å². The van der Waals surface area contributed by atoms with E-state index in [1.54, 1.807) is 0 Å². The Morgan fingerprint density at radius 3 is 0.400 bits per heavy atom. The van der Waals surface area contributed by atoms with Crippen LogP contribution in [-0.4, -0.2) is 21.9 Å². The van der Waals surface area contributed by atoms with Crippen LogP contribution in [0, 0.1) is 0 Å². The fourth-order valence-corrected chi connectivity index (χ4v) is 0. The van der Waals surface area contributed by atoms with Crippen LogP contribution >= 0.6 is 0 Å². The predicted octanol–water partition coefficient (Wildman–Crippen LogP) is -3.30. The first-order chi connectivity index (χ1) is 0. The summed E-state index contributed by atoms with van der Waals surface area (Å²) in [6.07, 6.45) is 0.